The van der Waals surface area contributed by atoms with Crippen LogP contribution < -0.4 is 10.5 Å². The average molecular weight is 324 g/mol. The Morgan fingerprint density at radius 2 is 1.83 bits per heavy atom. The Balaban J connectivity index is 1.82. The van der Waals surface area contributed by atoms with E-state index in [1.807, 2.05) is 18.4 Å². The summed E-state index contributed by atoms with van der Waals surface area (Å²) in [4.78, 5) is 22.1. The highest BCUT2D eigenvalue weighted by Crippen LogP contribution is 2.34. The van der Waals surface area contributed by atoms with Gasteiger partial charge >= 0.3 is 0 Å². The van der Waals surface area contributed by atoms with Gasteiger partial charge in [-0.05, 0) is 50.8 Å². The van der Waals surface area contributed by atoms with Crippen LogP contribution in [0.15, 0.2) is 29.1 Å². The zero-order chi connectivity index (χ0) is 16.8. The van der Waals surface area contributed by atoms with Gasteiger partial charge in [0.25, 0.3) is 5.56 Å². The van der Waals surface area contributed by atoms with E-state index in [2.05, 4.69) is 41.0 Å². The van der Waals surface area contributed by atoms with Crippen LogP contribution >= 0.6 is 0 Å². The van der Waals surface area contributed by atoms with E-state index < -0.39 is 0 Å². The van der Waals surface area contributed by atoms with Crippen LogP contribution in [0.3, 0.4) is 0 Å². The second kappa shape index (κ2) is 5.74. The van der Waals surface area contributed by atoms with Crippen LogP contribution in [0.2, 0.25) is 0 Å². The number of rotatable bonds is 3. The number of benzene rings is 1. The smallest absolute Gasteiger partial charge is 0.259 e. The van der Waals surface area contributed by atoms with Crippen molar-refractivity contribution in [2.24, 2.45) is 0 Å². The number of fused-ring (bicyclic) bond motifs is 1. The van der Waals surface area contributed by atoms with E-state index in [0.717, 1.165) is 36.0 Å². The molecule has 1 saturated carbocycles. The van der Waals surface area contributed by atoms with Crippen molar-refractivity contribution >= 4 is 11.6 Å². The first kappa shape index (κ1) is 15.4. The Labute approximate surface area is 142 Å². The molecule has 2 aliphatic rings. The highest BCUT2D eigenvalue weighted by molar-refractivity contribution is 5.59. The number of nitrogens with zero attached hydrogens (tertiary/aromatic N) is 4. The molecule has 0 atom stereocenters. The van der Waals surface area contributed by atoms with Crippen LogP contribution in [-0.4, -0.2) is 27.2 Å². The molecule has 2 aromatic rings. The molecule has 0 saturated heterocycles. The van der Waals surface area contributed by atoms with Crippen LogP contribution in [0, 0.1) is 13.8 Å². The molecule has 5 nitrogen and oxygen atoms in total. The third kappa shape index (κ3) is 2.53. The predicted octanol–water partition coefficient (Wildman–Crippen LogP) is 2.95. The van der Waals surface area contributed by atoms with E-state index in [1.54, 1.807) is 0 Å². The van der Waals surface area contributed by atoms with Crippen LogP contribution in [0.1, 0.15) is 36.6 Å². The first-order chi connectivity index (χ1) is 11.6. The molecule has 0 unspecified atom stereocenters. The Morgan fingerprint density at radius 3 is 2.46 bits per heavy atom. The maximum absolute atomic E-state index is 12.8. The van der Waals surface area contributed by atoms with Gasteiger partial charge in [0, 0.05) is 23.0 Å². The van der Waals surface area contributed by atoms with Crippen LogP contribution in [0.5, 0.6) is 0 Å². The molecule has 1 aliphatic heterocycles. The summed E-state index contributed by atoms with van der Waals surface area (Å²) in [6, 6.07) is 9.20. The normalized spacial score (nSPS) is 17.9. The van der Waals surface area contributed by atoms with Gasteiger partial charge in [0.1, 0.15) is 0 Å². The summed E-state index contributed by atoms with van der Waals surface area (Å²) < 4.78 is 1.83. The Morgan fingerprint density at radius 1 is 1.12 bits per heavy atom. The second-order valence-corrected chi connectivity index (χ2v) is 6.91. The van der Waals surface area contributed by atoms with Crippen LogP contribution in [0.25, 0.3) is 0 Å². The van der Waals surface area contributed by atoms with E-state index in [9.17, 15) is 4.79 Å². The predicted molar refractivity (Wildman–Crippen MR) is 95.7 cm³/mol. The van der Waals surface area contributed by atoms with Gasteiger partial charge in [-0.1, -0.05) is 19.1 Å². The lowest BCUT2D eigenvalue weighted by molar-refractivity contribution is 0.188. The maximum Gasteiger partial charge on any atom is 0.259 e. The molecule has 1 fully saturated rings. The molecule has 4 rings (SSSR count). The zero-order valence-electron chi connectivity index (χ0n) is 14.6. The van der Waals surface area contributed by atoms with Gasteiger partial charge in [0.2, 0.25) is 5.95 Å². The Hall–Kier alpha value is -2.14. The standard InChI is InChI=1S/C19H24N4O/c1-4-15-5-7-17(8-6-15)22-11-21(16-9-10-16)12-23-18(24)13(2)14(3)20-19(22)23/h5-8,16H,4,9-12H2,1-3H3. The van der Waals surface area contributed by atoms with Crippen molar-refractivity contribution in [3.63, 3.8) is 0 Å². The summed E-state index contributed by atoms with van der Waals surface area (Å²) in [6.07, 6.45) is 3.48. The molecule has 1 aromatic carbocycles. The molecule has 2 heterocycles. The van der Waals surface area contributed by atoms with Crippen molar-refractivity contribution in [1.82, 2.24) is 14.5 Å². The van der Waals surface area contributed by atoms with Crippen LogP contribution in [-0.2, 0) is 13.1 Å². The number of anilines is 2. The van der Waals surface area contributed by atoms with Gasteiger partial charge in [0.15, 0.2) is 0 Å². The molecule has 0 radical (unpaired) electrons. The molecule has 0 amide bonds. The molecule has 1 aromatic heterocycles. The van der Waals surface area contributed by atoms with Gasteiger partial charge in [-0.15, -0.1) is 0 Å². The van der Waals surface area contributed by atoms with E-state index in [0.29, 0.717) is 12.7 Å². The largest absolute Gasteiger partial charge is 0.298 e. The van der Waals surface area contributed by atoms with Crippen molar-refractivity contribution in [2.45, 2.75) is 52.7 Å². The molecule has 24 heavy (non-hydrogen) atoms. The highest BCUT2D eigenvalue weighted by atomic mass is 16.1. The molecule has 126 valence electrons. The third-order valence-electron chi connectivity index (χ3n) is 5.22. The minimum atomic E-state index is 0.0815. The third-order valence-corrected chi connectivity index (χ3v) is 5.22. The SMILES string of the molecule is CCc1ccc(N2CN(C3CC3)Cn3c2nc(C)c(C)c3=O)cc1. The Kier molecular flexibility index (Phi) is 3.68. The van der Waals surface area contributed by atoms with Crippen molar-refractivity contribution in [1.29, 1.82) is 0 Å². The van der Waals surface area contributed by atoms with Crippen molar-refractivity contribution in [3.8, 4) is 0 Å². The fourth-order valence-corrected chi connectivity index (χ4v) is 3.33. The summed E-state index contributed by atoms with van der Waals surface area (Å²) in [7, 11) is 0. The van der Waals surface area contributed by atoms with Gasteiger partial charge in [0.05, 0.1) is 13.3 Å². The Bertz CT molecular complexity index is 820. The lowest BCUT2D eigenvalue weighted by Gasteiger charge is -2.38. The van der Waals surface area contributed by atoms with E-state index >= 15 is 0 Å². The number of hydrogen-bond acceptors (Lipinski definition) is 4. The van der Waals surface area contributed by atoms with E-state index in [1.165, 1.54) is 18.4 Å². The molecular formula is C19H24N4O. The maximum atomic E-state index is 12.8. The second-order valence-electron chi connectivity index (χ2n) is 6.91. The summed E-state index contributed by atoms with van der Waals surface area (Å²) in [6.45, 7) is 7.40. The van der Waals surface area contributed by atoms with Gasteiger partial charge in [-0.2, -0.15) is 0 Å². The number of hydrogen-bond donors (Lipinski definition) is 0. The van der Waals surface area contributed by atoms with Gasteiger partial charge < -0.3 is 0 Å². The fraction of sp³-hybridized carbons (Fsp3) is 0.474. The lowest BCUT2D eigenvalue weighted by Crippen LogP contribution is -2.48. The molecule has 0 N–H and O–H groups in total. The topological polar surface area (TPSA) is 41.4 Å². The summed E-state index contributed by atoms with van der Waals surface area (Å²) >= 11 is 0. The summed E-state index contributed by atoms with van der Waals surface area (Å²) in [5.41, 5.74) is 4.07. The summed E-state index contributed by atoms with van der Waals surface area (Å²) in [5, 5.41) is 0. The first-order valence-corrected chi connectivity index (χ1v) is 8.77. The fourth-order valence-electron chi connectivity index (χ4n) is 3.33. The number of aromatic nitrogens is 2. The average Bonchev–Trinajstić information content (AvgIpc) is 3.44. The number of aryl methyl sites for hydroxylation is 2. The van der Waals surface area contributed by atoms with Crippen molar-refractivity contribution in [2.75, 3.05) is 11.6 Å². The lowest BCUT2D eigenvalue weighted by atomic mass is 10.1. The van der Waals surface area contributed by atoms with Crippen molar-refractivity contribution in [3.05, 3.63) is 51.4 Å². The zero-order valence-corrected chi connectivity index (χ0v) is 14.6. The van der Waals surface area contributed by atoms with Crippen LogP contribution in [0.4, 0.5) is 11.6 Å². The minimum absolute atomic E-state index is 0.0815. The molecule has 1 aliphatic carbocycles. The van der Waals surface area contributed by atoms with Crippen molar-refractivity contribution < 1.29 is 0 Å². The summed E-state index contributed by atoms with van der Waals surface area (Å²) in [5.74, 6) is 0.768. The van der Waals surface area contributed by atoms with Gasteiger partial charge in [-0.25, -0.2) is 4.98 Å². The van der Waals surface area contributed by atoms with E-state index in [4.69, 9.17) is 4.98 Å². The quantitative estimate of drug-likeness (QED) is 0.870. The molecule has 0 spiro atoms. The molecule has 5 heteroatoms. The molecular weight excluding hydrogens is 300 g/mol. The monoisotopic (exact) mass is 324 g/mol. The van der Waals surface area contributed by atoms with Gasteiger partial charge in [-0.3, -0.25) is 19.2 Å². The highest BCUT2D eigenvalue weighted by Gasteiger charge is 2.35. The minimum Gasteiger partial charge on any atom is -0.298 e. The molecule has 0 bridgehead atoms. The van der Waals surface area contributed by atoms with E-state index in [-0.39, 0.29) is 5.56 Å². The first-order valence-electron chi connectivity index (χ1n) is 8.77.